The number of carbonyl (C=O) groups is 1. The average Bonchev–Trinajstić information content (AvgIpc) is 3.50. The number of ether oxygens (including phenoxy) is 2. The van der Waals surface area contributed by atoms with Gasteiger partial charge in [-0.1, -0.05) is 44.2 Å². The predicted octanol–water partition coefficient (Wildman–Crippen LogP) is 7.52. The molecule has 12 heteroatoms. The van der Waals surface area contributed by atoms with Gasteiger partial charge in [0.2, 0.25) is 0 Å². The highest BCUT2D eigenvalue weighted by Crippen LogP contribution is 2.45. The summed E-state index contributed by atoms with van der Waals surface area (Å²) in [6.07, 6.45) is -1.16. The molecule has 3 aliphatic rings. The van der Waals surface area contributed by atoms with Crippen molar-refractivity contribution in [2.75, 3.05) is 35.3 Å². The number of nitrogens with one attached hydrogen (secondary N) is 1. The number of alkyl halides is 3. The number of benzene rings is 2. The Hall–Kier alpha value is -3.80. The third kappa shape index (κ3) is 7.21. The second-order valence-electron chi connectivity index (χ2n) is 11.8. The molecule has 6 rings (SSSR count). The summed E-state index contributed by atoms with van der Waals surface area (Å²) >= 11 is 0. The van der Waals surface area contributed by atoms with Gasteiger partial charge in [0.1, 0.15) is 35.8 Å². The van der Waals surface area contributed by atoms with Gasteiger partial charge in [0, 0.05) is 30.9 Å². The maximum absolute atomic E-state index is 15.9. The lowest BCUT2D eigenvalue weighted by Crippen LogP contribution is -2.61. The van der Waals surface area contributed by atoms with E-state index in [9.17, 15) is 18.0 Å². The van der Waals surface area contributed by atoms with Crippen LogP contribution in [-0.4, -0.2) is 55.0 Å². The SMILES string of the molecule is CC.COC1(C)CN(c2nc(C(=O)Nc3cc(F)c(N4C5CCCC4CC5)c(OCc4ccccc4)c3)c(CC(F)(F)F)o2)C1. The van der Waals surface area contributed by atoms with Crippen molar-refractivity contribution in [2.45, 2.75) is 89.8 Å². The van der Waals surface area contributed by atoms with Crippen LogP contribution in [0.2, 0.25) is 0 Å². The zero-order valence-corrected chi connectivity index (χ0v) is 26.0. The minimum atomic E-state index is -4.64. The molecule has 0 radical (unpaired) electrons. The highest BCUT2D eigenvalue weighted by Gasteiger charge is 2.43. The van der Waals surface area contributed by atoms with Crippen LogP contribution in [0.15, 0.2) is 46.9 Å². The van der Waals surface area contributed by atoms with E-state index in [0.29, 0.717) is 18.8 Å². The van der Waals surface area contributed by atoms with E-state index in [1.54, 1.807) is 12.0 Å². The summed E-state index contributed by atoms with van der Waals surface area (Å²) < 4.78 is 73.1. The molecule has 4 heterocycles. The zero-order valence-electron chi connectivity index (χ0n) is 26.0. The molecule has 2 unspecified atom stereocenters. The van der Waals surface area contributed by atoms with E-state index < -0.39 is 41.4 Å². The summed E-state index contributed by atoms with van der Waals surface area (Å²) in [5, 5.41) is 2.54. The molecule has 2 atom stereocenters. The van der Waals surface area contributed by atoms with Crippen LogP contribution in [0.25, 0.3) is 0 Å². The molecule has 1 N–H and O–H groups in total. The van der Waals surface area contributed by atoms with Crippen molar-refractivity contribution in [2.24, 2.45) is 0 Å². The van der Waals surface area contributed by atoms with Crippen LogP contribution in [0.3, 0.4) is 0 Å². The Bertz CT molecular complexity index is 1460. The summed E-state index contributed by atoms with van der Waals surface area (Å²) in [6.45, 7) is 6.70. The van der Waals surface area contributed by atoms with Gasteiger partial charge in [-0.15, -0.1) is 0 Å². The van der Waals surface area contributed by atoms with Crippen molar-refractivity contribution in [3.05, 3.63) is 65.3 Å². The fourth-order valence-electron chi connectivity index (χ4n) is 6.39. The Balaban J connectivity index is 0.00000196. The molecular weight excluding hydrogens is 592 g/mol. The number of anilines is 3. The third-order valence-electron chi connectivity index (χ3n) is 8.55. The summed E-state index contributed by atoms with van der Waals surface area (Å²) in [5.74, 6) is -1.87. The van der Waals surface area contributed by atoms with E-state index in [2.05, 4.69) is 15.2 Å². The van der Waals surface area contributed by atoms with E-state index >= 15 is 4.39 Å². The van der Waals surface area contributed by atoms with E-state index in [0.717, 1.165) is 37.7 Å². The van der Waals surface area contributed by atoms with Gasteiger partial charge in [-0.2, -0.15) is 18.2 Å². The third-order valence-corrected chi connectivity index (χ3v) is 8.55. The van der Waals surface area contributed by atoms with Crippen LogP contribution < -0.4 is 19.9 Å². The number of aromatic nitrogens is 1. The normalized spacial score (nSPS) is 20.3. The first-order valence-corrected chi connectivity index (χ1v) is 15.5. The van der Waals surface area contributed by atoms with Crippen LogP contribution in [-0.2, 0) is 17.8 Å². The molecule has 2 bridgehead atoms. The number of piperidine rings is 1. The first kappa shape index (κ1) is 32.6. The highest BCUT2D eigenvalue weighted by atomic mass is 19.4. The molecule has 3 aromatic rings. The summed E-state index contributed by atoms with van der Waals surface area (Å²) in [4.78, 5) is 21.1. The van der Waals surface area contributed by atoms with Gasteiger partial charge in [0.05, 0.1) is 13.1 Å². The van der Waals surface area contributed by atoms with Crippen LogP contribution in [0.4, 0.5) is 35.0 Å². The Morgan fingerprint density at radius 3 is 2.38 bits per heavy atom. The Labute approximate surface area is 260 Å². The Morgan fingerprint density at radius 2 is 1.76 bits per heavy atom. The second-order valence-corrected chi connectivity index (χ2v) is 11.8. The lowest BCUT2D eigenvalue weighted by molar-refractivity contribution is -0.130. The second kappa shape index (κ2) is 13.3. The van der Waals surface area contributed by atoms with Crippen molar-refractivity contribution in [1.82, 2.24) is 4.98 Å². The number of carbonyl (C=O) groups excluding carboxylic acids is 1. The van der Waals surface area contributed by atoms with Gasteiger partial charge in [-0.25, -0.2) is 4.39 Å². The van der Waals surface area contributed by atoms with Crippen molar-refractivity contribution in [3.8, 4) is 5.75 Å². The van der Waals surface area contributed by atoms with Gasteiger partial charge < -0.3 is 29.0 Å². The van der Waals surface area contributed by atoms with Crippen LogP contribution in [0, 0.1) is 5.82 Å². The number of oxazole rings is 1. The van der Waals surface area contributed by atoms with E-state index in [4.69, 9.17) is 13.9 Å². The molecule has 3 fully saturated rings. The van der Waals surface area contributed by atoms with Crippen LogP contribution in [0.5, 0.6) is 5.75 Å². The molecule has 3 saturated heterocycles. The first-order chi connectivity index (χ1) is 21.5. The number of halogens is 4. The molecule has 0 spiro atoms. The molecule has 244 valence electrons. The zero-order chi connectivity index (χ0) is 32.4. The van der Waals surface area contributed by atoms with Crippen LogP contribution in [0.1, 0.15) is 74.7 Å². The van der Waals surface area contributed by atoms with Gasteiger partial charge in [0.15, 0.2) is 11.5 Å². The number of methoxy groups -OCH3 is 1. The fraction of sp³-hybridized carbons (Fsp3) is 0.515. The number of hydrogen-bond donors (Lipinski definition) is 1. The molecule has 0 aliphatic carbocycles. The minimum Gasteiger partial charge on any atom is -0.487 e. The van der Waals surface area contributed by atoms with Gasteiger partial charge in [-0.05, 0) is 50.7 Å². The van der Waals surface area contributed by atoms with Crippen molar-refractivity contribution in [3.63, 3.8) is 0 Å². The molecular formula is C33H40F4N4O4. The molecule has 3 aliphatic heterocycles. The maximum atomic E-state index is 15.9. The monoisotopic (exact) mass is 632 g/mol. The summed E-state index contributed by atoms with van der Waals surface area (Å²) in [6, 6.07) is 12.4. The lowest BCUT2D eigenvalue weighted by Gasteiger charge is -2.45. The average molecular weight is 633 g/mol. The first-order valence-electron chi connectivity index (χ1n) is 15.5. The van der Waals surface area contributed by atoms with Crippen LogP contribution >= 0.6 is 0 Å². The predicted molar refractivity (Wildman–Crippen MR) is 164 cm³/mol. The van der Waals surface area contributed by atoms with Crippen molar-refractivity contribution >= 4 is 23.3 Å². The number of hydrogen-bond acceptors (Lipinski definition) is 7. The van der Waals surface area contributed by atoms with Gasteiger partial charge in [0.25, 0.3) is 11.9 Å². The molecule has 1 aromatic heterocycles. The molecule has 0 saturated carbocycles. The maximum Gasteiger partial charge on any atom is 0.396 e. The largest absolute Gasteiger partial charge is 0.487 e. The van der Waals surface area contributed by atoms with Gasteiger partial charge >= 0.3 is 6.18 Å². The molecule has 8 nitrogen and oxygen atoms in total. The summed E-state index contributed by atoms with van der Waals surface area (Å²) in [5.41, 5.74) is 0.263. The summed E-state index contributed by atoms with van der Waals surface area (Å²) in [7, 11) is 1.54. The quantitative estimate of drug-likeness (QED) is 0.245. The lowest BCUT2D eigenvalue weighted by atomic mass is 9.97. The van der Waals surface area contributed by atoms with E-state index in [1.807, 2.05) is 51.1 Å². The number of amides is 1. The van der Waals surface area contributed by atoms with E-state index in [1.165, 1.54) is 12.1 Å². The topological polar surface area (TPSA) is 80.1 Å². The Morgan fingerprint density at radius 1 is 1.09 bits per heavy atom. The number of fused-ring (bicyclic) bond motifs is 2. The highest BCUT2D eigenvalue weighted by molar-refractivity contribution is 6.04. The van der Waals surface area contributed by atoms with Crippen molar-refractivity contribution in [1.29, 1.82) is 0 Å². The molecule has 2 aromatic carbocycles. The standard InChI is InChI=1S/C31H34F4N4O4.C2H6/c1-30(41-2)17-38(18-30)29-37-26(25(43-29)15-31(33,34)35)28(40)36-20-13-23(32)27(39-21-9-6-10-22(39)12-11-21)24(14-20)42-16-19-7-4-3-5-8-19;1-2/h3-5,7-8,13-14,21-22H,6,9-12,15-18H2,1-2H3,(H,36,40);1-2H3. The number of rotatable bonds is 9. The van der Waals surface area contributed by atoms with Gasteiger partial charge in [-0.3, -0.25) is 4.79 Å². The Kier molecular flexibility index (Phi) is 9.62. The fourth-order valence-corrected chi connectivity index (χ4v) is 6.39. The van der Waals surface area contributed by atoms with E-state index in [-0.39, 0.29) is 36.1 Å². The van der Waals surface area contributed by atoms with Crippen molar-refractivity contribution < 1.29 is 36.2 Å². The molecule has 45 heavy (non-hydrogen) atoms. The molecule has 1 amide bonds. The number of nitrogens with zero attached hydrogens (tertiary/aromatic N) is 3. The minimum absolute atomic E-state index is 0.0390. The smallest absolute Gasteiger partial charge is 0.396 e.